The van der Waals surface area contributed by atoms with E-state index in [2.05, 4.69) is 27.3 Å². The number of amides is 2. The Labute approximate surface area is 114 Å². The second kappa shape index (κ2) is 5.52. The van der Waals surface area contributed by atoms with Crippen molar-refractivity contribution in [2.75, 3.05) is 18.9 Å². The van der Waals surface area contributed by atoms with Crippen molar-refractivity contribution >= 4 is 32.3 Å². The van der Waals surface area contributed by atoms with Gasteiger partial charge in [0.25, 0.3) is 4.82 Å². The van der Waals surface area contributed by atoms with Gasteiger partial charge in [0.05, 0.1) is 0 Å². The van der Waals surface area contributed by atoms with Crippen molar-refractivity contribution in [3.05, 3.63) is 29.3 Å². The molecule has 0 atom stereocenters. The smallest absolute Gasteiger partial charge is 0.289 e. The fourth-order valence-corrected chi connectivity index (χ4v) is 2.15. The third kappa shape index (κ3) is 3.10. The molecule has 0 aromatic heterocycles. The summed E-state index contributed by atoms with van der Waals surface area (Å²) < 4.78 is 0. The van der Waals surface area contributed by atoms with Gasteiger partial charge in [0.1, 0.15) is 0 Å². The van der Waals surface area contributed by atoms with Crippen molar-refractivity contribution in [3.63, 3.8) is 0 Å². The monoisotopic (exact) mass is 310 g/mol. The largest absolute Gasteiger partial charge is 0.336 e. The predicted octanol–water partition coefficient (Wildman–Crippen LogP) is 2.56. The summed E-state index contributed by atoms with van der Waals surface area (Å²) in [6.45, 7) is 0.676. The van der Waals surface area contributed by atoms with Crippen molar-refractivity contribution in [1.82, 2.24) is 4.90 Å². The van der Waals surface area contributed by atoms with Crippen LogP contribution in [0.2, 0.25) is 0 Å². The van der Waals surface area contributed by atoms with Gasteiger partial charge in [-0.05, 0) is 30.0 Å². The molecule has 1 aromatic carbocycles. The zero-order chi connectivity index (χ0) is 13.1. The molecule has 0 aliphatic carbocycles. The molecule has 0 radical (unpaired) electrons. The van der Waals surface area contributed by atoms with Crippen LogP contribution < -0.4 is 5.32 Å². The third-order valence-electron chi connectivity index (χ3n) is 3.10. The first kappa shape index (κ1) is 13.1. The summed E-state index contributed by atoms with van der Waals surface area (Å²) in [6.07, 6.45) is 2.16. The molecule has 1 aliphatic heterocycles. The molecule has 0 bridgehead atoms. The molecule has 96 valence electrons. The maximum atomic E-state index is 11.2. The van der Waals surface area contributed by atoms with Crippen LogP contribution in [0.4, 0.5) is 10.5 Å². The first-order valence-corrected chi connectivity index (χ1v) is 6.68. The molecule has 0 fully saturated rings. The first-order chi connectivity index (χ1) is 8.56. The summed E-state index contributed by atoms with van der Waals surface area (Å²) in [4.78, 5) is 23.8. The molecule has 0 saturated heterocycles. The summed E-state index contributed by atoms with van der Waals surface area (Å²) in [5.74, 6) is 0.0832. The number of carbonyl (C=O) groups excluding carboxylic acids is 2. The fraction of sp³-hybridized carbons (Fsp3) is 0.385. The van der Waals surface area contributed by atoms with Crippen molar-refractivity contribution in [2.24, 2.45) is 0 Å². The Balaban J connectivity index is 2.03. The minimum absolute atomic E-state index is 0.0832. The fourth-order valence-electron chi connectivity index (χ4n) is 1.98. The number of hydrogen-bond donors (Lipinski definition) is 1. The van der Waals surface area contributed by atoms with Crippen LogP contribution in [-0.4, -0.2) is 29.2 Å². The van der Waals surface area contributed by atoms with Gasteiger partial charge < -0.3 is 10.2 Å². The number of benzene rings is 1. The predicted molar refractivity (Wildman–Crippen MR) is 74.0 cm³/mol. The van der Waals surface area contributed by atoms with Gasteiger partial charge >= 0.3 is 0 Å². The van der Waals surface area contributed by atoms with Gasteiger partial charge in [-0.2, -0.15) is 0 Å². The summed E-state index contributed by atoms with van der Waals surface area (Å²) in [5.41, 5.74) is 3.28. The molecule has 1 aliphatic rings. The van der Waals surface area contributed by atoms with Crippen LogP contribution in [-0.2, 0) is 17.6 Å². The van der Waals surface area contributed by atoms with Crippen molar-refractivity contribution in [2.45, 2.75) is 19.3 Å². The van der Waals surface area contributed by atoms with Gasteiger partial charge in [-0.25, -0.2) is 0 Å². The minimum Gasteiger partial charge on any atom is -0.336 e. The average molecular weight is 311 g/mol. The lowest BCUT2D eigenvalue weighted by molar-refractivity contribution is -0.116. The Morgan fingerprint density at radius 3 is 2.94 bits per heavy atom. The minimum atomic E-state index is -0.104. The molecule has 1 N–H and O–H groups in total. The van der Waals surface area contributed by atoms with E-state index < -0.39 is 0 Å². The van der Waals surface area contributed by atoms with Gasteiger partial charge in [0.2, 0.25) is 5.91 Å². The molecule has 2 rings (SSSR count). The molecule has 18 heavy (non-hydrogen) atoms. The van der Waals surface area contributed by atoms with Crippen LogP contribution in [0.1, 0.15) is 17.5 Å². The molecule has 0 unspecified atom stereocenters. The number of nitrogens with zero attached hydrogens (tertiary/aromatic N) is 1. The molecular formula is C13H15BrN2O2. The lowest BCUT2D eigenvalue weighted by atomic mass is 9.99. The molecule has 1 aromatic rings. The van der Waals surface area contributed by atoms with Crippen LogP contribution in [0, 0.1) is 0 Å². The highest BCUT2D eigenvalue weighted by Gasteiger charge is 2.14. The van der Waals surface area contributed by atoms with Crippen molar-refractivity contribution in [1.29, 1.82) is 0 Å². The van der Waals surface area contributed by atoms with E-state index in [-0.39, 0.29) is 10.7 Å². The normalized spacial score (nSPS) is 13.8. The number of nitrogens with one attached hydrogen (secondary N) is 1. The number of fused-ring (bicyclic) bond motifs is 1. The van der Waals surface area contributed by atoms with Crippen LogP contribution >= 0.6 is 15.9 Å². The number of hydrogen-bond acceptors (Lipinski definition) is 2. The highest BCUT2D eigenvalue weighted by molar-refractivity contribution is 9.18. The van der Waals surface area contributed by atoms with Crippen LogP contribution in [0.3, 0.4) is 0 Å². The van der Waals surface area contributed by atoms with E-state index >= 15 is 0 Å². The summed E-state index contributed by atoms with van der Waals surface area (Å²) in [6, 6.07) is 6.05. The van der Waals surface area contributed by atoms with Crippen molar-refractivity contribution in [3.8, 4) is 0 Å². The number of likely N-dealkylation sites (N-methyl/N-ethyl adjacent to an activating group) is 1. The first-order valence-electron chi connectivity index (χ1n) is 5.88. The van der Waals surface area contributed by atoms with E-state index in [1.807, 2.05) is 12.1 Å². The quantitative estimate of drug-likeness (QED) is 0.689. The molecule has 2 amide bonds. The van der Waals surface area contributed by atoms with Gasteiger partial charge in [-0.15, -0.1) is 0 Å². The maximum absolute atomic E-state index is 11.2. The molecule has 5 heteroatoms. The lowest BCUT2D eigenvalue weighted by Gasteiger charge is -2.18. The number of halogens is 1. The summed E-state index contributed by atoms with van der Waals surface area (Å²) in [7, 11) is 1.76. The summed E-state index contributed by atoms with van der Waals surface area (Å²) >= 11 is 2.92. The second-order valence-corrected chi connectivity index (χ2v) is 5.14. The van der Waals surface area contributed by atoms with E-state index in [1.165, 1.54) is 11.1 Å². The highest BCUT2D eigenvalue weighted by Crippen LogP contribution is 2.23. The van der Waals surface area contributed by atoms with Gasteiger partial charge in [0.15, 0.2) is 0 Å². The van der Waals surface area contributed by atoms with E-state index in [0.29, 0.717) is 13.0 Å². The van der Waals surface area contributed by atoms with Crippen molar-refractivity contribution < 1.29 is 9.59 Å². The van der Waals surface area contributed by atoms with E-state index in [1.54, 1.807) is 11.9 Å². The van der Waals surface area contributed by atoms with E-state index in [4.69, 9.17) is 0 Å². The summed E-state index contributed by atoms with van der Waals surface area (Å²) in [5, 5.41) is 2.86. The SMILES string of the molecule is CN(CCc1ccc2c(c1)CCC(=O)N2)C(=O)Br. The number of aryl methyl sites for hydroxylation is 1. The third-order valence-corrected chi connectivity index (χ3v) is 3.71. The molecule has 4 nitrogen and oxygen atoms in total. The van der Waals surface area contributed by atoms with Gasteiger partial charge in [-0.1, -0.05) is 12.1 Å². The zero-order valence-corrected chi connectivity index (χ0v) is 11.8. The number of carbonyl (C=O) groups is 2. The molecular weight excluding hydrogens is 296 g/mol. The molecule has 0 spiro atoms. The van der Waals surface area contributed by atoms with E-state index in [0.717, 1.165) is 18.5 Å². The lowest BCUT2D eigenvalue weighted by Crippen LogP contribution is -2.23. The van der Waals surface area contributed by atoms with E-state index in [9.17, 15) is 9.59 Å². The Kier molecular flexibility index (Phi) is 4.01. The number of anilines is 1. The maximum Gasteiger partial charge on any atom is 0.289 e. The van der Waals surface area contributed by atoms with Crippen LogP contribution in [0.25, 0.3) is 0 Å². The Morgan fingerprint density at radius 1 is 1.44 bits per heavy atom. The van der Waals surface area contributed by atoms with Crippen LogP contribution in [0.15, 0.2) is 18.2 Å². The second-order valence-electron chi connectivity index (χ2n) is 4.46. The number of rotatable bonds is 3. The van der Waals surface area contributed by atoms with Crippen LogP contribution in [0.5, 0.6) is 0 Å². The highest BCUT2D eigenvalue weighted by atomic mass is 79.9. The standard InChI is InChI=1S/C13H15BrN2O2/c1-16(13(14)18)7-6-9-2-4-11-10(8-9)3-5-12(17)15-11/h2,4,8H,3,5-7H2,1H3,(H,15,17). The zero-order valence-electron chi connectivity index (χ0n) is 10.2. The Morgan fingerprint density at radius 2 is 2.22 bits per heavy atom. The topological polar surface area (TPSA) is 49.4 Å². The average Bonchev–Trinajstić information content (AvgIpc) is 2.35. The molecule has 1 heterocycles. The Bertz CT molecular complexity index is 488. The molecule has 0 saturated carbocycles. The Hall–Kier alpha value is -1.36. The van der Waals surface area contributed by atoms with Gasteiger partial charge in [-0.3, -0.25) is 9.59 Å². The van der Waals surface area contributed by atoms with Gasteiger partial charge in [0, 0.05) is 41.6 Å².